The average molecular weight is 328 g/mol. The molecule has 0 amide bonds. The van der Waals surface area contributed by atoms with Crippen LogP contribution in [0.1, 0.15) is 11.5 Å². The molecule has 0 bridgehead atoms. The van der Waals surface area contributed by atoms with E-state index in [1.54, 1.807) is 19.2 Å². The molecule has 0 saturated heterocycles. The Morgan fingerprint density at radius 2 is 2.08 bits per heavy atom. The van der Waals surface area contributed by atoms with Crippen LogP contribution in [-0.4, -0.2) is 31.2 Å². The van der Waals surface area contributed by atoms with Gasteiger partial charge in [-0.15, -0.1) is 10.2 Å². The molecule has 2 heterocycles. The van der Waals surface area contributed by atoms with Crippen LogP contribution in [0.2, 0.25) is 0 Å². The number of nitrogens with zero attached hydrogens (tertiary/aromatic N) is 5. The molecule has 3 aromatic rings. The van der Waals surface area contributed by atoms with Gasteiger partial charge < -0.3 is 14.1 Å². The van der Waals surface area contributed by atoms with Crippen molar-refractivity contribution in [1.82, 2.24) is 19.7 Å². The monoisotopic (exact) mass is 328 g/mol. The third-order valence-electron chi connectivity index (χ3n) is 3.26. The second kappa shape index (κ2) is 6.41. The van der Waals surface area contributed by atoms with Crippen LogP contribution in [0.25, 0.3) is 11.6 Å². The van der Waals surface area contributed by atoms with Gasteiger partial charge in [-0.05, 0) is 17.7 Å². The van der Waals surface area contributed by atoms with Gasteiger partial charge >= 0.3 is 0 Å². The maximum absolute atomic E-state index is 12.9. The zero-order chi connectivity index (χ0) is 17.1. The number of nitrogens with one attached hydrogen (secondary N) is 1. The number of aryl methyl sites for hydroxylation is 1. The summed E-state index contributed by atoms with van der Waals surface area (Å²) in [5.41, 5.74) is 1.03. The lowest BCUT2D eigenvalue weighted by Gasteiger charge is -2.03. The first kappa shape index (κ1) is 15.5. The zero-order valence-electron chi connectivity index (χ0n) is 12.6. The summed E-state index contributed by atoms with van der Waals surface area (Å²) in [5.74, 6) is -0.248. The van der Waals surface area contributed by atoms with Crippen molar-refractivity contribution in [1.29, 1.82) is 5.41 Å². The van der Waals surface area contributed by atoms with Gasteiger partial charge in [-0.1, -0.05) is 12.1 Å². The first-order valence-corrected chi connectivity index (χ1v) is 6.93. The van der Waals surface area contributed by atoms with Gasteiger partial charge in [-0.25, -0.2) is 14.4 Å². The Labute approximate surface area is 135 Å². The van der Waals surface area contributed by atoms with Crippen molar-refractivity contribution in [3.05, 3.63) is 53.4 Å². The first-order chi connectivity index (χ1) is 11.6. The second-order valence-corrected chi connectivity index (χ2v) is 4.94. The third-order valence-corrected chi connectivity index (χ3v) is 3.26. The highest BCUT2D eigenvalue weighted by Crippen LogP contribution is 2.22. The van der Waals surface area contributed by atoms with Gasteiger partial charge in [-0.2, -0.15) is 0 Å². The summed E-state index contributed by atoms with van der Waals surface area (Å²) < 4.78 is 19.9. The van der Waals surface area contributed by atoms with E-state index in [0.29, 0.717) is 12.3 Å². The molecule has 0 aliphatic carbocycles. The molecule has 2 N–H and O–H groups in total. The normalized spacial score (nSPS) is 11.7. The fourth-order valence-corrected chi connectivity index (χ4v) is 2.10. The Morgan fingerprint density at radius 3 is 2.79 bits per heavy atom. The maximum Gasteiger partial charge on any atom is 0.270 e. The molecular weight excluding hydrogens is 315 g/mol. The molecule has 0 fully saturated rings. The zero-order valence-corrected chi connectivity index (χ0v) is 12.6. The molecule has 1 aromatic carbocycles. The molecule has 0 spiro atoms. The fraction of sp³-hybridized carbons (Fsp3) is 0.133. The average Bonchev–Trinajstić information content (AvgIpc) is 3.02. The van der Waals surface area contributed by atoms with E-state index in [2.05, 4.69) is 20.2 Å². The lowest BCUT2D eigenvalue weighted by molar-refractivity contribution is 0.449. The number of benzene rings is 1. The van der Waals surface area contributed by atoms with Gasteiger partial charge in [0.25, 0.3) is 5.89 Å². The maximum atomic E-state index is 12.9. The minimum atomic E-state index is -0.321. The summed E-state index contributed by atoms with van der Waals surface area (Å²) in [6, 6.07) is 5.95. The predicted octanol–water partition coefficient (Wildman–Crippen LogP) is 1.41. The number of halogens is 1. The molecule has 0 radical (unpaired) electrons. The number of hydrogen-bond donors (Lipinski definition) is 2. The molecule has 0 unspecified atom stereocenters. The minimum Gasteiger partial charge on any atom is -0.503 e. The van der Waals surface area contributed by atoms with Gasteiger partial charge in [-0.3, -0.25) is 5.41 Å². The Balaban J connectivity index is 1.94. The molecule has 0 aliphatic rings. The summed E-state index contributed by atoms with van der Waals surface area (Å²) in [4.78, 5) is 7.82. The number of aromatic hydroxyl groups is 1. The van der Waals surface area contributed by atoms with E-state index in [1.807, 2.05) is 0 Å². The molecule has 0 saturated carbocycles. The SMILES string of the molecule is Cn1cnc(-c2nnc(Cc3ccc(F)cc3)o2)c(O)c1=NC=N. The van der Waals surface area contributed by atoms with Gasteiger partial charge in [0.2, 0.25) is 5.89 Å². The highest BCUT2D eigenvalue weighted by molar-refractivity contribution is 5.57. The van der Waals surface area contributed by atoms with Crippen LogP contribution in [-0.2, 0) is 13.5 Å². The highest BCUT2D eigenvalue weighted by atomic mass is 19.1. The van der Waals surface area contributed by atoms with E-state index in [9.17, 15) is 9.50 Å². The Kier molecular flexibility index (Phi) is 4.15. The van der Waals surface area contributed by atoms with Crippen molar-refractivity contribution < 1.29 is 13.9 Å². The smallest absolute Gasteiger partial charge is 0.270 e. The Hall–Kier alpha value is -3.36. The molecule has 8 nitrogen and oxygen atoms in total. The number of aromatic nitrogens is 4. The minimum absolute atomic E-state index is 0.0339. The highest BCUT2D eigenvalue weighted by Gasteiger charge is 2.17. The van der Waals surface area contributed by atoms with E-state index < -0.39 is 0 Å². The van der Waals surface area contributed by atoms with Crippen molar-refractivity contribution in [2.75, 3.05) is 0 Å². The van der Waals surface area contributed by atoms with Gasteiger partial charge in [0.15, 0.2) is 16.9 Å². The van der Waals surface area contributed by atoms with Crippen molar-refractivity contribution in [2.45, 2.75) is 6.42 Å². The van der Waals surface area contributed by atoms with E-state index in [4.69, 9.17) is 9.83 Å². The van der Waals surface area contributed by atoms with Gasteiger partial charge in [0, 0.05) is 7.05 Å². The van der Waals surface area contributed by atoms with Crippen LogP contribution in [0.15, 0.2) is 40.0 Å². The van der Waals surface area contributed by atoms with Crippen LogP contribution < -0.4 is 5.49 Å². The summed E-state index contributed by atoms with van der Waals surface area (Å²) in [7, 11) is 1.63. The molecule has 122 valence electrons. The van der Waals surface area contributed by atoms with E-state index >= 15 is 0 Å². The van der Waals surface area contributed by atoms with Crippen LogP contribution in [0, 0.1) is 11.2 Å². The summed E-state index contributed by atoms with van der Waals surface area (Å²) in [6.45, 7) is 0. The van der Waals surface area contributed by atoms with E-state index in [0.717, 1.165) is 11.9 Å². The molecule has 0 aliphatic heterocycles. The Morgan fingerprint density at radius 1 is 1.33 bits per heavy atom. The van der Waals surface area contributed by atoms with E-state index in [1.165, 1.54) is 23.0 Å². The van der Waals surface area contributed by atoms with Crippen molar-refractivity contribution in [2.24, 2.45) is 12.0 Å². The summed E-state index contributed by atoms with van der Waals surface area (Å²) in [5, 5.41) is 25.0. The fourth-order valence-electron chi connectivity index (χ4n) is 2.10. The standard InChI is InChI=1S/C15H13FN6O2/c1-22-8-19-12(13(23)14(22)18-7-17)15-21-20-11(24-15)6-9-2-4-10(16)5-3-9/h2-5,7-8,17,23H,6H2,1H3. The van der Waals surface area contributed by atoms with Crippen molar-refractivity contribution in [3.63, 3.8) is 0 Å². The predicted molar refractivity (Wildman–Crippen MR) is 81.7 cm³/mol. The molecule has 2 aromatic heterocycles. The number of rotatable bonds is 4. The quantitative estimate of drug-likeness (QED) is 0.555. The topological polar surface area (TPSA) is 113 Å². The molecule has 9 heteroatoms. The van der Waals surface area contributed by atoms with Gasteiger partial charge in [0.05, 0.1) is 12.7 Å². The van der Waals surface area contributed by atoms with Gasteiger partial charge in [0.1, 0.15) is 12.2 Å². The molecule has 24 heavy (non-hydrogen) atoms. The van der Waals surface area contributed by atoms with Crippen LogP contribution in [0.5, 0.6) is 5.75 Å². The lowest BCUT2D eigenvalue weighted by atomic mass is 10.1. The molecular formula is C15H13FN6O2. The van der Waals surface area contributed by atoms with Crippen LogP contribution >= 0.6 is 0 Å². The van der Waals surface area contributed by atoms with Crippen molar-refractivity contribution in [3.8, 4) is 17.3 Å². The largest absolute Gasteiger partial charge is 0.503 e. The third kappa shape index (κ3) is 3.05. The van der Waals surface area contributed by atoms with E-state index in [-0.39, 0.29) is 28.6 Å². The molecule has 3 rings (SSSR count). The summed E-state index contributed by atoms with van der Waals surface area (Å²) >= 11 is 0. The second-order valence-electron chi connectivity index (χ2n) is 4.94. The van der Waals surface area contributed by atoms with Crippen LogP contribution in [0.4, 0.5) is 4.39 Å². The Bertz CT molecular complexity index is 945. The summed E-state index contributed by atoms with van der Waals surface area (Å²) in [6.07, 6.45) is 2.56. The number of hydrogen-bond acceptors (Lipinski definition) is 6. The first-order valence-electron chi connectivity index (χ1n) is 6.93. The van der Waals surface area contributed by atoms with Crippen molar-refractivity contribution >= 4 is 6.34 Å². The molecule has 0 atom stereocenters. The lowest BCUT2D eigenvalue weighted by Crippen LogP contribution is -2.19. The van der Waals surface area contributed by atoms with Crippen LogP contribution in [0.3, 0.4) is 0 Å².